The average molecular weight is 355 g/mol. The van der Waals surface area contributed by atoms with E-state index in [4.69, 9.17) is 28.9 Å². The number of amides is 1. The lowest BCUT2D eigenvalue weighted by Crippen LogP contribution is -2.24. The van der Waals surface area contributed by atoms with Crippen molar-refractivity contribution in [3.8, 4) is 0 Å². The number of hydrogen-bond acceptors (Lipinski definition) is 6. The highest BCUT2D eigenvalue weighted by molar-refractivity contribution is 6.30. The highest BCUT2D eigenvalue weighted by Crippen LogP contribution is 2.28. The standard InChI is InChI=1S/C9H10ClN3O.C5H6ClN3/c10-8-7(11-3-4-12-8)5-13-9(14)6-1-2-6;6-5-4(3-7)8-1-2-9-5/h3-4,6H,1-2,5H2,(H,13,14);1-2H,3,7H2. The molecule has 2 aromatic heterocycles. The molecule has 1 aliphatic carbocycles. The number of nitrogens with one attached hydrogen (secondary N) is 1. The number of aromatic nitrogens is 4. The van der Waals surface area contributed by atoms with Crippen LogP contribution in [-0.4, -0.2) is 25.8 Å². The summed E-state index contributed by atoms with van der Waals surface area (Å²) in [6.07, 6.45) is 8.18. The molecule has 0 aliphatic heterocycles. The molecule has 2 heterocycles. The van der Waals surface area contributed by atoms with Gasteiger partial charge in [-0.3, -0.25) is 14.8 Å². The van der Waals surface area contributed by atoms with Crippen LogP contribution in [0.4, 0.5) is 0 Å². The third kappa shape index (κ3) is 5.70. The topological polar surface area (TPSA) is 107 Å². The maximum absolute atomic E-state index is 11.3. The fraction of sp³-hybridized carbons (Fsp3) is 0.357. The summed E-state index contributed by atoms with van der Waals surface area (Å²) in [5.41, 5.74) is 6.52. The lowest BCUT2D eigenvalue weighted by molar-refractivity contribution is -0.122. The Hall–Kier alpha value is -1.83. The Kier molecular flexibility index (Phi) is 6.64. The lowest BCUT2D eigenvalue weighted by atomic mass is 10.3. The summed E-state index contributed by atoms with van der Waals surface area (Å²) in [7, 11) is 0. The Morgan fingerprint density at radius 2 is 1.57 bits per heavy atom. The van der Waals surface area contributed by atoms with Crippen molar-refractivity contribution in [2.45, 2.75) is 25.9 Å². The molecule has 1 amide bonds. The second-order valence-corrected chi connectivity index (χ2v) is 5.50. The van der Waals surface area contributed by atoms with Crippen LogP contribution in [0.2, 0.25) is 10.3 Å². The van der Waals surface area contributed by atoms with Crippen molar-refractivity contribution in [1.82, 2.24) is 25.3 Å². The summed E-state index contributed by atoms with van der Waals surface area (Å²) in [5, 5.41) is 3.52. The molecule has 0 atom stereocenters. The molecule has 2 aromatic rings. The van der Waals surface area contributed by atoms with E-state index in [9.17, 15) is 4.79 Å². The third-order valence-corrected chi connectivity index (χ3v) is 3.65. The molecule has 3 rings (SSSR count). The fourth-order valence-electron chi connectivity index (χ4n) is 1.62. The fourth-order valence-corrected chi connectivity index (χ4v) is 1.97. The van der Waals surface area contributed by atoms with Crippen LogP contribution in [-0.2, 0) is 17.9 Å². The van der Waals surface area contributed by atoms with Gasteiger partial charge in [-0.15, -0.1) is 0 Å². The Labute approximate surface area is 143 Å². The van der Waals surface area contributed by atoms with Gasteiger partial charge >= 0.3 is 0 Å². The maximum atomic E-state index is 11.3. The van der Waals surface area contributed by atoms with Crippen LogP contribution in [0.5, 0.6) is 0 Å². The Balaban J connectivity index is 0.000000185. The van der Waals surface area contributed by atoms with Crippen molar-refractivity contribution < 1.29 is 4.79 Å². The summed E-state index contributed by atoms with van der Waals surface area (Å²) in [4.78, 5) is 26.8. The molecule has 0 saturated heterocycles. The molecular formula is C14H16Cl2N6O. The number of nitrogens with zero attached hydrogens (tertiary/aromatic N) is 4. The Bertz CT molecular complexity index is 665. The summed E-state index contributed by atoms with van der Waals surface area (Å²) in [5.74, 6) is 0.303. The molecule has 1 aliphatic rings. The van der Waals surface area contributed by atoms with Gasteiger partial charge in [-0.25, -0.2) is 9.97 Å². The van der Waals surface area contributed by atoms with Crippen LogP contribution in [0.15, 0.2) is 24.8 Å². The molecule has 0 aromatic carbocycles. The van der Waals surface area contributed by atoms with E-state index in [2.05, 4.69) is 25.3 Å². The number of hydrogen-bond donors (Lipinski definition) is 2. The Morgan fingerprint density at radius 1 is 1.04 bits per heavy atom. The van der Waals surface area contributed by atoms with Crippen LogP contribution in [0, 0.1) is 5.92 Å². The van der Waals surface area contributed by atoms with Crippen LogP contribution in [0.1, 0.15) is 24.2 Å². The molecule has 9 heteroatoms. The minimum atomic E-state index is 0.0896. The van der Waals surface area contributed by atoms with Gasteiger partial charge < -0.3 is 11.1 Å². The van der Waals surface area contributed by atoms with Gasteiger partial charge in [-0.05, 0) is 12.8 Å². The van der Waals surface area contributed by atoms with Crippen LogP contribution in [0.25, 0.3) is 0 Å². The molecule has 0 bridgehead atoms. The van der Waals surface area contributed by atoms with Gasteiger partial charge in [0.1, 0.15) is 0 Å². The van der Waals surface area contributed by atoms with Gasteiger partial charge in [0, 0.05) is 37.3 Å². The number of carbonyl (C=O) groups is 1. The predicted molar refractivity (Wildman–Crippen MR) is 86.5 cm³/mol. The van der Waals surface area contributed by atoms with E-state index in [-0.39, 0.29) is 11.8 Å². The van der Waals surface area contributed by atoms with E-state index >= 15 is 0 Å². The van der Waals surface area contributed by atoms with Gasteiger partial charge in [-0.2, -0.15) is 0 Å². The van der Waals surface area contributed by atoms with Gasteiger partial charge in [0.05, 0.1) is 17.9 Å². The lowest BCUT2D eigenvalue weighted by Gasteiger charge is -2.03. The second-order valence-electron chi connectivity index (χ2n) is 4.78. The van der Waals surface area contributed by atoms with Crippen molar-refractivity contribution in [3.05, 3.63) is 46.5 Å². The molecule has 1 saturated carbocycles. The van der Waals surface area contributed by atoms with Gasteiger partial charge in [0.25, 0.3) is 0 Å². The minimum Gasteiger partial charge on any atom is -0.350 e. The van der Waals surface area contributed by atoms with E-state index < -0.39 is 0 Å². The first-order valence-electron chi connectivity index (χ1n) is 7.00. The van der Waals surface area contributed by atoms with Crippen LogP contribution in [0.3, 0.4) is 0 Å². The highest BCUT2D eigenvalue weighted by atomic mass is 35.5. The third-order valence-electron chi connectivity index (χ3n) is 3.02. The molecular weight excluding hydrogens is 339 g/mol. The first kappa shape index (κ1) is 17.5. The van der Waals surface area contributed by atoms with Gasteiger partial charge in [0.15, 0.2) is 10.3 Å². The van der Waals surface area contributed by atoms with E-state index in [1.807, 2.05) is 0 Å². The molecule has 122 valence electrons. The van der Waals surface area contributed by atoms with E-state index in [1.54, 1.807) is 12.4 Å². The SMILES string of the molecule is NCc1nccnc1Cl.O=C(NCc1nccnc1Cl)C1CC1. The largest absolute Gasteiger partial charge is 0.350 e. The number of carbonyl (C=O) groups excluding carboxylic acids is 1. The predicted octanol–water partition coefficient (Wildman–Crippen LogP) is 1.74. The summed E-state index contributed by atoms with van der Waals surface area (Å²) >= 11 is 11.3. The normalized spacial score (nSPS) is 13.0. The van der Waals surface area contributed by atoms with Crippen molar-refractivity contribution in [1.29, 1.82) is 0 Å². The van der Waals surface area contributed by atoms with Crippen LogP contribution >= 0.6 is 23.2 Å². The maximum Gasteiger partial charge on any atom is 0.223 e. The smallest absolute Gasteiger partial charge is 0.223 e. The van der Waals surface area contributed by atoms with Crippen molar-refractivity contribution in [2.24, 2.45) is 11.7 Å². The zero-order valence-corrected chi connectivity index (χ0v) is 13.8. The molecule has 0 radical (unpaired) electrons. The number of rotatable bonds is 4. The quantitative estimate of drug-likeness (QED) is 0.865. The van der Waals surface area contributed by atoms with Crippen molar-refractivity contribution in [2.75, 3.05) is 0 Å². The first-order valence-corrected chi connectivity index (χ1v) is 7.76. The van der Waals surface area contributed by atoms with E-state index in [0.717, 1.165) is 12.8 Å². The second kappa shape index (κ2) is 8.71. The Morgan fingerprint density at radius 3 is 2.00 bits per heavy atom. The van der Waals surface area contributed by atoms with E-state index in [1.165, 1.54) is 12.4 Å². The average Bonchev–Trinajstić information content (AvgIpc) is 3.40. The minimum absolute atomic E-state index is 0.0896. The van der Waals surface area contributed by atoms with E-state index in [0.29, 0.717) is 34.8 Å². The zero-order chi connectivity index (χ0) is 16.7. The summed E-state index contributed by atoms with van der Waals surface area (Å²) < 4.78 is 0. The molecule has 0 unspecified atom stereocenters. The molecule has 0 spiro atoms. The van der Waals surface area contributed by atoms with Crippen LogP contribution < -0.4 is 11.1 Å². The first-order chi connectivity index (χ1) is 11.1. The van der Waals surface area contributed by atoms with Gasteiger partial charge in [0.2, 0.25) is 5.91 Å². The zero-order valence-electron chi connectivity index (χ0n) is 12.2. The summed E-state index contributed by atoms with van der Waals surface area (Å²) in [6, 6.07) is 0. The molecule has 1 fully saturated rings. The van der Waals surface area contributed by atoms with Crippen molar-refractivity contribution in [3.63, 3.8) is 0 Å². The molecule has 7 nitrogen and oxygen atoms in total. The number of nitrogens with two attached hydrogens (primary N) is 1. The molecule has 23 heavy (non-hydrogen) atoms. The van der Waals surface area contributed by atoms with Gasteiger partial charge in [-0.1, -0.05) is 23.2 Å². The number of halogens is 2. The highest BCUT2D eigenvalue weighted by Gasteiger charge is 2.29. The molecule has 3 N–H and O–H groups in total. The monoisotopic (exact) mass is 354 g/mol. The summed E-state index contributed by atoms with van der Waals surface area (Å²) in [6.45, 7) is 0.703. The van der Waals surface area contributed by atoms with Crippen molar-refractivity contribution >= 4 is 29.1 Å².